The molecule has 0 amide bonds. The Hall–Kier alpha value is -1.49. The van der Waals surface area contributed by atoms with Crippen molar-refractivity contribution in [3.05, 3.63) is 74.2 Å². The van der Waals surface area contributed by atoms with Crippen LogP contribution in [-0.4, -0.2) is 12.0 Å². The van der Waals surface area contributed by atoms with Gasteiger partial charge in [-0.3, -0.25) is 4.79 Å². The number of aryl methyl sites for hydroxylation is 1. The fraction of sp³-hybridized carbons (Fsp3) is 0.348. The lowest BCUT2D eigenvalue weighted by Crippen LogP contribution is -2.19. The molecule has 0 radical (unpaired) electrons. The normalized spacial score (nSPS) is 15.5. The van der Waals surface area contributed by atoms with Crippen LogP contribution in [0, 0.1) is 5.92 Å². The van der Waals surface area contributed by atoms with E-state index in [0.717, 1.165) is 37.3 Å². The van der Waals surface area contributed by atoms with E-state index in [1.54, 1.807) is 12.1 Å². The van der Waals surface area contributed by atoms with Crippen LogP contribution in [-0.2, 0) is 11.2 Å². The van der Waals surface area contributed by atoms with Crippen LogP contribution in [0.3, 0.4) is 0 Å². The third-order valence-electron chi connectivity index (χ3n) is 5.10. The molecule has 0 aliphatic heterocycles. The molecule has 0 heterocycles. The van der Waals surface area contributed by atoms with Gasteiger partial charge in [-0.25, -0.2) is 0 Å². The molecular formula is C23H20Cl3F3O. The van der Waals surface area contributed by atoms with Crippen LogP contribution in [0.15, 0.2) is 42.5 Å². The van der Waals surface area contributed by atoms with E-state index in [1.807, 2.05) is 12.1 Å². The number of Topliss-reactive ketones (excluding diaryl/α,β-unsaturated/α-hetero) is 1. The van der Waals surface area contributed by atoms with E-state index in [0.29, 0.717) is 17.8 Å². The van der Waals surface area contributed by atoms with Crippen LogP contribution in [0.1, 0.15) is 48.3 Å². The van der Waals surface area contributed by atoms with E-state index >= 15 is 0 Å². The van der Waals surface area contributed by atoms with E-state index in [2.05, 4.69) is 0 Å². The first-order valence-electron chi connectivity index (χ1n) is 9.66. The van der Waals surface area contributed by atoms with E-state index in [-0.39, 0.29) is 26.5 Å². The monoisotopic (exact) mass is 474 g/mol. The van der Waals surface area contributed by atoms with Crippen molar-refractivity contribution < 1.29 is 18.0 Å². The van der Waals surface area contributed by atoms with Gasteiger partial charge in [0.15, 0.2) is 0 Å². The summed E-state index contributed by atoms with van der Waals surface area (Å²) in [7, 11) is 0. The number of halogens is 6. The molecule has 3 rings (SSSR count). The SMILES string of the molecule is O=C(CCCc1ccc(/C=C/C(c2cc(Cl)c(Cl)c(Cl)c2)C(F)(F)F)cc1)C1CC1. The number of allylic oxidation sites excluding steroid dienone is 1. The molecule has 160 valence electrons. The van der Waals surface area contributed by atoms with Crippen LogP contribution in [0.4, 0.5) is 13.2 Å². The molecular weight excluding hydrogens is 456 g/mol. The van der Waals surface area contributed by atoms with Crippen molar-refractivity contribution in [2.45, 2.75) is 44.2 Å². The summed E-state index contributed by atoms with van der Waals surface area (Å²) in [6.45, 7) is 0. The summed E-state index contributed by atoms with van der Waals surface area (Å²) in [6.07, 6.45) is 2.19. The van der Waals surface area contributed by atoms with Crippen LogP contribution in [0.25, 0.3) is 6.08 Å². The van der Waals surface area contributed by atoms with E-state index in [9.17, 15) is 18.0 Å². The van der Waals surface area contributed by atoms with Gasteiger partial charge in [-0.2, -0.15) is 13.2 Å². The summed E-state index contributed by atoms with van der Waals surface area (Å²) in [5.41, 5.74) is 1.63. The van der Waals surface area contributed by atoms with E-state index in [4.69, 9.17) is 34.8 Å². The van der Waals surface area contributed by atoms with Gasteiger partial charge >= 0.3 is 6.18 Å². The Kier molecular flexibility index (Phi) is 7.54. The third-order valence-corrected chi connectivity index (χ3v) is 6.30. The molecule has 1 aliphatic rings. The molecule has 7 heteroatoms. The van der Waals surface area contributed by atoms with Crippen molar-refractivity contribution in [1.29, 1.82) is 0 Å². The minimum Gasteiger partial charge on any atom is -0.299 e. The summed E-state index contributed by atoms with van der Waals surface area (Å²) in [5, 5.41) is -0.0147. The average molecular weight is 476 g/mol. The fourth-order valence-electron chi connectivity index (χ4n) is 3.24. The van der Waals surface area contributed by atoms with Gasteiger partial charge in [-0.05, 0) is 54.5 Å². The molecule has 0 aromatic heterocycles. The van der Waals surface area contributed by atoms with Gasteiger partial charge in [0.2, 0.25) is 0 Å². The maximum Gasteiger partial charge on any atom is 0.399 e. The van der Waals surface area contributed by atoms with Crippen LogP contribution in [0.2, 0.25) is 15.1 Å². The average Bonchev–Trinajstić information content (AvgIpc) is 3.51. The Labute approximate surface area is 188 Å². The van der Waals surface area contributed by atoms with Crippen molar-refractivity contribution in [1.82, 2.24) is 0 Å². The standard InChI is InChI=1S/C23H20Cl3F3O/c24-19-12-17(13-20(25)22(19)26)18(23(27,28)29)11-8-15-6-4-14(5-7-15)2-1-3-21(30)16-9-10-16/h4-8,11-13,16,18H,1-3,9-10H2/b11-8+. The second-order valence-corrected chi connectivity index (χ2v) is 8.71. The molecule has 2 aromatic carbocycles. The predicted octanol–water partition coefficient (Wildman–Crippen LogP) is 8.31. The van der Waals surface area contributed by atoms with Crippen molar-refractivity contribution >= 4 is 46.7 Å². The molecule has 0 spiro atoms. The smallest absolute Gasteiger partial charge is 0.299 e. The first-order valence-corrected chi connectivity index (χ1v) is 10.8. The Balaban J connectivity index is 1.67. The Bertz CT molecular complexity index is 909. The Morgan fingerprint density at radius 1 is 1.07 bits per heavy atom. The van der Waals surface area contributed by atoms with Crippen molar-refractivity contribution in [3.8, 4) is 0 Å². The molecule has 0 N–H and O–H groups in total. The number of hydrogen-bond donors (Lipinski definition) is 0. The van der Waals surface area contributed by atoms with Crippen molar-refractivity contribution in [2.75, 3.05) is 0 Å². The minimum absolute atomic E-state index is 0.0219. The molecule has 2 aromatic rings. The lowest BCUT2D eigenvalue weighted by Gasteiger charge is -2.18. The first-order chi connectivity index (χ1) is 14.1. The molecule has 30 heavy (non-hydrogen) atoms. The van der Waals surface area contributed by atoms with Gasteiger partial charge in [0.05, 0.1) is 21.0 Å². The molecule has 1 aliphatic carbocycles. The Morgan fingerprint density at radius 3 is 2.20 bits per heavy atom. The van der Waals surface area contributed by atoms with Crippen molar-refractivity contribution in [2.24, 2.45) is 5.92 Å². The zero-order chi connectivity index (χ0) is 21.9. The van der Waals surface area contributed by atoms with Crippen LogP contribution in [0.5, 0.6) is 0 Å². The van der Waals surface area contributed by atoms with Gasteiger partial charge in [-0.1, -0.05) is 71.2 Å². The lowest BCUT2D eigenvalue weighted by molar-refractivity contribution is -0.139. The highest BCUT2D eigenvalue weighted by molar-refractivity contribution is 6.48. The Morgan fingerprint density at radius 2 is 1.67 bits per heavy atom. The molecule has 1 atom stereocenters. The van der Waals surface area contributed by atoms with Gasteiger partial charge in [0, 0.05) is 12.3 Å². The highest BCUT2D eigenvalue weighted by atomic mass is 35.5. The molecule has 1 fully saturated rings. The van der Waals surface area contributed by atoms with Gasteiger partial charge < -0.3 is 0 Å². The van der Waals surface area contributed by atoms with Crippen LogP contribution >= 0.6 is 34.8 Å². The fourth-order valence-corrected chi connectivity index (χ4v) is 3.86. The van der Waals surface area contributed by atoms with Gasteiger partial charge in [-0.15, -0.1) is 0 Å². The van der Waals surface area contributed by atoms with E-state index in [1.165, 1.54) is 18.2 Å². The first kappa shape index (κ1) is 23.2. The summed E-state index contributed by atoms with van der Waals surface area (Å²) in [6, 6.07) is 9.65. The summed E-state index contributed by atoms with van der Waals surface area (Å²) >= 11 is 17.6. The quantitative estimate of drug-likeness (QED) is 0.351. The summed E-state index contributed by atoms with van der Waals surface area (Å²) in [4.78, 5) is 11.7. The molecule has 1 unspecified atom stereocenters. The number of ketones is 1. The summed E-state index contributed by atoms with van der Waals surface area (Å²) in [5.74, 6) is -1.24. The van der Waals surface area contributed by atoms with E-state index < -0.39 is 12.1 Å². The molecule has 1 saturated carbocycles. The van der Waals surface area contributed by atoms with Crippen molar-refractivity contribution in [3.63, 3.8) is 0 Å². The lowest BCUT2D eigenvalue weighted by atomic mass is 9.96. The number of rotatable bonds is 8. The minimum atomic E-state index is -4.51. The molecule has 1 nitrogen and oxygen atoms in total. The van der Waals surface area contributed by atoms with Gasteiger partial charge in [0.1, 0.15) is 5.78 Å². The molecule has 0 bridgehead atoms. The van der Waals surface area contributed by atoms with Crippen LogP contribution < -0.4 is 0 Å². The highest BCUT2D eigenvalue weighted by Gasteiger charge is 2.39. The molecule has 0 saturated heterocycles. The van der Waals surface area contributed by atoms with Gasteiger partial charge in [0.25, 0.3) is 0 Å². The zero-order valence-corrected chi connectivity index (χ0v) is 18.3. The number of carbonyl (C=O) groups excluding carboxylic acids is 1. The second-order valence-electron chi connectivity index (χ2n) is 7.51. The zero-order valence-electron chi connectivity index (χ0n) is 16.0. The predicted molar refractivity (Wildman–Crippen MR) is 116 cm³/mol. The largest absolute Gasteiger partial charge is 0.399 e. The number of carbonyl (C=O) groups is 1. The topological polar surface area (TPSA) is 17.1 Å². The number of hydrogen-bond acceptors (Lipinski definition) is 1. The number of alkyl halides is 3. The third kappa shape index (κ3) is 6.26. The highest BCUT2D eigenvalue weighted by Crippen LogP contribution is 2.41. The maximum atomic E-state index is 13.6. The number of benzene rings is 2. The second kappa shape index (κ2) is 9.76. The maximum absolute atomic E-state index is 13.6. The summed E-state index contributed by atoms with van der Waals surface area (Å²) < 4.78 is 40.8.